The summed E-state index contributed by atoms with van der Waals surface area (Å²) in [5.41, 5.74) is 0. The lowest BCUT2D eigenvalue weighted by Gasteiger charge is -2.31. The molecule has 0 amide bonds. The molecule has 0 bridgehead atoms. The molecule has 0 spiro atoms. The first kappa shape index (κ1) is 15.7. The van der Waals surface area contributed by atoms with E-state index in [0.717, 1.165) is 9.80 Å². The van der Waals surface area contributed by atoms with Crippen molar-refractivity contribution in [2.45, 2.75) is 9.53 Å². The quantitative estimate of drug-likeness (QED) is 0.518. The number of alkyl halides is 4. The molecule has 0 saturated carbocycles. The SMILES string of the molecule is COCCN1CC(Br)(Br)N(CCOC)C1(F)F. The first-order chi connectivity index (χ1) is 7.86. The Balaban J connectivity index is 2.73. The van der Waals surface area contributed by atoms with E-state index >= 15 is 0 Å². The minimum Gasteiger partial charge on any atom is -0.383 e. The van der Waals surface area contributed by atoms with Gasteiger partial charge in [-0.15, -0.1) is 0 Å². The molecule has 0 N–H and O–H groups in total. The minimum absolute atomic E-state index is 0.128. The van der Waals surface area contributed by atoms with Gasteiger partial charge < -0.3 is 9.47 Å². The Morgan fingerprint density at radius 1 is 1.12 bits per heavy atom. The monoisotopic (exact) mass is 380 g/mol. The Bertz CT molecular complexity index is 257. The molecular formula is C9H16Br2F2N2O2. The van der Waals surface area contributed by atoms with Crippen LogP contribution in [0.5, 0.6) is 0 Å². The van der Waals surface area contributed by atoms with Crippen molar-refractivity contribution in [3.8, 4) is 0 Å². The van der Waals surface area contributed by atoms with Gasteiger partial charge in [0.25, 0.3) is 0 Å². The largest absolute Gasteiger partial charge is 0.383 e. The van der Waals surface area contributed by atoms with E-state index in [1.165, 1.54) is 14.2 Å². The van der Waals surface area contributed by atoms with Crippen LogP contribution in [0, 0.1) is 0 Å². The fourth-order valence-electron chi connectivity index (χ4n) is 1.67. The predicted octanol–water partition coefficient (Wildman–Crippen LogP) is 1.89. The number of rotatable bonds is 6. The molecule has 0 aromatic rings. The highest BCUT2D eigenvalue weighted by molar-refractivity contribution is 9.25. The Hall–Kier alpha value is 0.660. The average Bonchev–Trinajstić information content (AvgIpc) is 2.40. The summed E-state index contributed by atoms with van der Waals surface area (Å²) in [6.07, 6.45) is -3.02. The Morgan fingerprint density at radius 3 is 2.18 bits per heavy atom. The van der Waals surface area contributed by atoms with Crippen LogP contribution in [0.3, 0.4) is 0 Å². The van der Waals surface area contributed by atoms with Crippen LogP contribution < -0.4 is 0 Å². The maximum atomic E-state index is 14.1. The van der Waals surface area contributed by atoms with Crippen molar-refractivity contribution < 1.29 is 18.3 Å². The molecule has 1 aliphatic heterocycles. The summed E-state index contributed by atoms with van der Waals surface area (Å²) >= 11 is 6.54. The van der Waals surface area contributed by atoms with Crippen molar-refractivity contribution in [3.63, 3.8) is 0 Å². The van der Waals surface area contributed by atoms with Crippen LogP contribution in [0.15, 0.2) is 0 Å². The summed E-state index contributed by atoms with van der Waals surface area (Å²) in [5, 5.41) is 0. The van der Waals surface area contributed by atoms with Gasteiger partial charge in [-0.05, 0) is 0 Å². The summed E-state index contributed by atoms with van der Waals surface area (Å²) < 4.78 is 36.9. The van der Waals surface area contributed by atoms with Crippen LogP contribution in [-0.2, 0) is 9.47 Å². The van der Waals surface area contributed by atoms with Crippen LogP contribution in [-0.4, -0.2) is 66.4 Å². The maximum absolute atomic E-state index is 14.1. The topological polar surface area (TPSA) is 24.9 Å². The van der Waals surface area contributed by atoms with Crippen LogP contribution in [0.4, 0.5) is 8.78 Å². The number of methoxy groups -OCH3 is 2. The Morgan fingerprint density at radius 2 is 1.65 bits per heavy atom. The van der Waals surface area contributed by atoms with Crippen molar-refractivity contribution in [3.05, 3.63) is 0 Å². The van der Waals surface area contributed by atoms with Gasteiger partial charge >= 0.3 is 6.17 Å². The van der Waals surface area contributed by atoms with Gasteiger partial charge in [-0.3, -0.25) is 0 Å². The Kier molecular flexibility index (Phi) is 5.74. The number of nitrogens with zero attached hydrogens (tertiary/aromatic N) is 2. The molecule has 1 fully saturated rings. The normalized spacial score (nSPS) is 24.4. The zero-order chi connectivity index (χ0) is 13.1. The maximum Gasteiger partial charge on any atom is 0.371 e. The molecule has 0 radical (unpaired) electrons. The van der Waals surface area contributed by atoms with Crippen LogP contribution in [0.2, 0.25) is 0 Å². The molecule has 8 heteroatoms. The van der Waals surface area contributed by atoms with Gasteiger partial charge in [-0.2, -0.15) is 8.78 Å². The van der Waals surface area contributed by atoms with Gasteiger partial charge in [0.2, 0.25) is 0 Å². The number of halogens is 4. The lowest BCUT2D eigenvalue weighted by molar-refractivity contribution is -0.216. The molecule has 1 heterocycles. The summed E-state index contributed by atoms with van der Waals surface area (Å²) in [4.78, 5) is 2.09. The van der Waals surface area contributed by atoms with E-state index in [2.05, 4.69) is 31.9 Å². The van der Waals surface area contributed by atoms with Crippen molar-refractivity contribution in [1.29, 1.82) is 0 Å². The zero-order valence-electron chi connectivity index (χ0n) is 9.76. The number of ether oxygens (including phenoxy) is 2. The van der Waals surface area contributed by atoms with Crippen molar-refractivity contribution >= 4 is 31.9 Å². The molecule has 1 rings (SSSR count). The highest BCUT2D eigenvalue weighted by Gasteiger charge is 2.59. The zero-order valence-corrected chi connectivity index (χ0v) is 12.9. The van der Waals surface area contributed by atoms with E-state index in [9.17, 15) is 8.78 Å². The number of hydrogen-bond acceptors (Lipinski definition) is 4. The lowest BCUT2D eigenvalue weighted by Crippen LogP contribution is -2.50. The third-order valence-electron chi connectivity index (χ3n) is 2.57. The lowest BCUT2D eigenvalue weighted by atomic mass is 10.5. The highest BCUT2D eigenvalue weighted by Crippen LogP contribution is 2.46. The molecule has 0 aliphatic carbocycles. The predicted molar refractivity (Wildman–Crippen MR) is 67.6 cm³/mol. The van der Waals surface area contributed by atoms with E-state index < -0.39 is 9.53 Å². The van der Waals surface area contributed by atoms with E-state index in [4.69, 9.17) is 9.47 Å². The van der Waals surface area contributed by atoms with E-state index in [-0.39, 0.29) is 32.8 Å². The average molecular weight is 382 g/mol. The fourth-order valence-corrected chi connectivity index (χ4v) is 3.06. The third-order valence-corrected chi connectivity index (χ3v) is 3.92. The van der Waals surface area contributed by atoms with Crippen molar-refractivity contribution in [2.75, 3.05) is 47.1 Å². The van der Waals surface area contributed by atoms with E-state index in [1.54, 1.807) is 0 Å². The second kappa shape index (κ2) is 6.21. The molecule has 1 aliphatic rings. The van der Waals surface area contributed by atoms with Crippen molar-refractivity contribution in [1.82, 2.24) is 9.80 Å². The molecule has 1 saturated heterocycles. The second-order valence-corrected chi connectivity index (χ2v) is 7.42. The van der Waals surface area contributed by atoms with Gasteiger partial charge in [-0.25, -0.2) is 9.80 Å². The Labute approximate surface area is 116 Å². The second-order valence-electron chi connectivity index (χ2n) is 3.73. The molecule has 0 unspecified atom stereocenters. The summed E-state index contributed by atoms with van der Waals surface area (Å²) in [7, 11) is 2.98. The summed E-state index contributed by atoms with van der Waals surface area (Å²) in [6.45, 7) is 0.971. The first-order valence-electron chi connectivity index (χ1n) is 5.12. The van der Waals surface area contributed by atoms with Gasteiger partial charge in [0, 0.05) is 33.9 Å². The van der Waals surface area contributed by atoms with E-state index in [0.29, 0.717) is 0 Å². The van der Waals surface area contributed by atoms with Crippen LogP contribution in [0.1, 0.15) is 0 Å². The molecule has 4 nitrogen and oxygen atoms in total. The van der Waals surface area contributed by atoms with Gasteiger partial charge in [0.05, 0.1) is 13.2 Å². The molecule has 0 aromatic heterocycles. The molecular weight excluding hydrogens is 366 g/mol. The molecule has 0 atom stereocenters. The van der Waals surface area contributed by atoms with Gasteiger partial charge in [-0.1, -0.05) is 31.9 Å². The fraction of sp³-hybridized carbons (Fsp3) is 1.00. The highest BCUT2D eigenvalue weighted by atomic mass is 79.9. The van der Waals surface area contributed by atoms with Crippen LogP contribution in [0.25, 0.3) is 0 Å². The van der Waals surface area contributed by atoms with Gasteiger partial charge in [0.1, 0.15) is 0 Å². The van der Waals surface area contributed by atoms with Crippen molar-refractivity contribution in [2.24, 2.45) is 0 Å². The van der Waals surface area contributed by atoms with E-state index in [1.807, 2.05) is 0 Å². The van der Waals surface area contributed by atoms with Gasteiger partial charge in [0.15, 0.2) is 3.36 Å². The number of hydrogen-bond donors (Lipinski definition) is 0. The summed E-state index contributed by atoms with van der Waals surface area (Å²) in [6, 6.07) is 0. The third kappa shape index (κ3) is 3.57. The summed E-state index contributed by atoms with van der Waals surface area (Å²) in [5.74, 6) is 0. The van der Waals surface area contributed by atoms with Crippen LogP contribution >= 0.6 is 31.9 Å². The molecule has 17 heavy (non-hydrogen) atoms. The molecule has 102 valence electrons. The minimum atomic E-state index is -3.02. The first-order valence-corrected chi connectivity index (χ1v) is 6.71. The standard InChI is InChI=1S/C9H16Br2F2N2O2/c1-16-5-3-14-7-8(10,11)15(4-6-17-2)9(14,12)13/h3-7H2,1-2H3. The molecule has 0 aromatic carbocycles. The smallest absolute Gasteiger partial charge is 0.371 e.